The topological polar surface area (TPSA) is 87.2 Å². The van der Waals surface area contributed by atoms with Crippen molar-refractivity contribution in [1.29, 1.82) is 0 Å². The molecule has 2 bridgehead atoms. The summed E-state index contributed by atoms with van der Waals surface area (Å²) in [4.78, 5) is 45.0. The van der Waals surface area contributed by atoms with Crippen LogP contribution in [0, 0.1) is 17.8 Å². The molecule has 8 heteroatoms. The van der Waals surface area contributed by atoms with Crippen LogP contribution in [0.4, 0.5) is 0 Å². The van der Waals surface area contributed by atoms with Gasteiger partial charge in [-0.1, -0.05) is 26.0 Å². The Morgan fingerprint density at radius 3 is 2.54 bits per heavy atom. The Hall–Kier alpha value is -1.80. The van der Waals surface area contributed by atoms with Crippen LogP contribution < -0.4 is 0 Å². The smallest absolute Gasteiger partial charge is 0.310 e. The number of allylic oxidation sites excluding steroid dienone is 1. The first-order chi connectivity index (χ1) is 16.5. The lowest BCUT2D eigenvalue weighted by molar-refractivity contribution is -0.155. The maximum absolute atomic E-state index is 14.3. The zero-order valence-electron chi connectivity index (χ0n) is 21.9. The highest BCUT2D eigenvalue weighted by atomic mass is 32.2. The Bertz CT molecular complexity index is 853. The highest BCUT2D eigenvalue weighted by Gasteiger charge is 2.75. The molecule has 1 N–H and O–H groups in total. The first-order valence-electron chi connectivity index (χ1n) is 12.8. The van der Waals surface area contributed by atoms with E-state index in [-0.39, 0.29) is 35.6 Å². The van der Waals surface area contributed by atoms with Gasteiger partial charge in [-0.05, 0) is 52.4 Å². The van der Waals surface area contributed by atoms with Gasteiger partial charge in [0.15, 0.2) is 0 Å². The van der Waals surface area contributed by atoms with Crippen molar-refractivity contribution in [3.05, 3.63) is 25.3 Å². The van der Waals surface area contributed by atoms with Gasteiger partial charge in [0.2, 0.25) is 11.8 Å². The van der Waals surface area contributed by atoms with Crippen molar-refractivity contribution in [2.24, 2.45) is 17.8 Å². The third-order valence-electron chi connectivity index (χ3n) is 7.74. The standard InChI is InChI=1S/C27H42N2O5S/c1-8-10-11-15-34-25(33)20-19-12-13-27(35-19)21(20)23(31)29(18(16-30)17(3)4)22(27)24(32)28(14-9-2)26(5,6)7/h8-9,17-22,30H,1-2,10-16H2,3-7H3/t18-,19-,20+,21-,22?,27?/m0/s1. The van der Waals surface area contributed by atoms with Crippen molar-refractivity contribution >= 4 is 29.5 Å². The molecule has 2 amide bonds. The number of carbonyl (C=O) groups excluding carboxylic acids is 3. The zero-order valence-corrected chi connectivity index (χ0v) is 22.7. The van der Waals surface area contributed by atoms with Crippen LogP contribution >= 0.6 is 11.8 Å². The highest BCUT2D eigenvalue weighted by molar-refractivity contribution is 8.02. The lowest BCUT2D eigenvalue weighted by Gasteiger charge is -2.44. The van der Waals surface area contributed by atoms with Gasteiger partial charge < -0.3 is 19.6 Å². The number of hydrogen-bond acceptors (Lipinski definition) is 6. The summed E-state index contributed by atoms with van der Waals surface area (Å²) in [5.74, 6) is -1.93. The van der Waals surface area contributed by atoms with Crippen molar-refractivity contribution in [2.75, 3.05) is 19.8 Å². The Morgan fingerprint density at radius 1 is 1.31 bits per heavy atom. The second kappa shape index (κ2) is 10.7. The number of rotatable bonds is 11. The molecule has 3 heterocycles. The maximum Gasteiger partial charge on any atom is 0.310 e. The largest absolute Gasteiger partial charge is 0.465 e. The van der Waals surface area contributed by atoms with Crippen LogP contribution in [0.1, 0.15) is 60.3 Å². The Morgan fingerprint density at radius 2 is 2.00 bits per heavy atom. The molecule has 3 aliphatic heterocycles. The van der Waals surface area contributed by atoms with Gasteiger partial charge in [0, 0.05) is 17.3 Å². The fraction of sp³-hybridized carbons (Fsp3) is 0.741. The molecule has 0 aromatic carbocycles. The Kier molecular flexibility index (Phi) is 8.47. The minimum atomic E-state index is -0.743. The lowest BCUT2D eigenvalue weighted by Crippen LogP contribution is -2.61. The van der Waals surface area contributed by atoms with E-state index in [4.69, 9.17) is 4.74 Å². The van der Waals surface area contributed by atoms with Gasteiger partial charge >= 0.3 is 5.97 Å². The van der Waals surface area contributed by atoms with Gasteiger partial charge in [-0.2, -0.15) is 0 Å². The second-order valence-corrected chi connectivity index (χ2v) is 12.9. The number of aliphatic hydroxyl groups excluding tert-OH is 1. The fourth-order valence-electron chi connectivity index (χ4n) is 6.08. The maximum atomic E-state index is 14.3. The molecule has 6 atom stereocenters. The molecule has 0 aromatic heterocycles. The van der Waals surface area contributed by atoms with Crippen molar-refractivity contribution in [3.8, 4) is 0 Å². The molecule has 1 spiro atoms. The van der Waals surface area contributed by atoms with Gasteiger partial charge in [-0.25, -0.2) is 0 Å². The number of esters is 1. The molecule has 3 fully saturated rings. The highest BCUT2D eigenvalue weighted by Crippen LogP contribution is 2.67. The number of likely N-dealkylation sites (tertiary alicyclic amines) is 1. The SMILES string of the molecule is C=CCCCOC(=O)[C@@H]1[C@@H]2CCC3(S2)C(C(=O)N(CC=C)C(C)(C)C)N([C@@H](CO)C(C)C)C(=O)[C@H]13. The second-order valence-electron chi connectivity index (χ2n) is 11.3. The van der Waals surface area contributed by atoms with E-state index < -0.39 is 34.2 Å². The van der Waals surface area contributed by atoms with Crippen LogP contribution in [-0.2, 0) is 19.1 Å². The van der Waals surface area contributed by atoms with Crippen molar-refractivity contribution in [3.63, 3.8) is 0 Å². The van der Waals surface area contributed by atoms with E-state index in [1.165, 1.54) is 0 Å². The van der Waals surface area contributed by atoms with E-state index in [9.17, 15) is 19.5 Å². The number of fused-ring (bicyclic) bond motifs is 1. The lowest BCUT2D eigenvalue weighted by atomic mass is 9.71. The number of aliphatic hydroxyl groups is 1. The average molecular weight is 507 g/mol. The predicted molar refractivity (Wildman–Crippen MR) is 139 cm³/mol. The Labute approximate surface area is 214 Å². The predicted octanol–water partition coefficient (Wildman–Crippen LogP) is 3.42. The zero-order chi connectivity index (χ0) is 26.1. The molecule has 0 radical (unpaired) electrons. The first kappa shape index (κ1) is 27.8. The molecule has 3 aliphatic rings. The molecule has 3 rings (SSSR count). The molecular weight excluding hydrogens is 464 g/mol. The number of nitrogens with zero attached hydrogens (tertiary/aromatic N) is 2. The summed E-state index contributed by atoms with van der Waals surface area (Å²) in [6.45, 7) is 17.8. The number of hydrogen-bond donors (Lipinski definition) is 1. The van der Waals surface area contributed by atoms with Crippen LogP contribution in [-0.4, -0.2) is 80.1 Å². The molecule has 35 heavy (non-hydrogen) atoms. The molecule has 3 saturated heterocycles. The van der Waals surface area contributed by atoms with Crippen LogP contribution in [0.2, 0.25) is 0 Å². The normalized spacial score (nSPS) is 30.4. The molecule has 0 aliphatic carbocycles. The Balaban J connectivity index is 2.04. The van der Waals surface area contributed by atoms with E-state index in [2.05, 4.69) is 13.2 Å². The van der Waals surface area contributed by atoms with E-state index in [0.29, 0.717) is 26.0 Å². The van der Waals surface area contributed by atoms with Crippen molar-refractivity contribution in [2.45, 2.75) is 87.9 Å². The third kappa shape index (κ3) is 4.80. The summed E-state index contributed by atoms with van der Waals surface area (Å²) in [7, 11) is 0. The molecule has 0 saturated carbocycles. The monoisotopic (exact) mass is 506 g/mol. The van der Waals surface area contributed by atoms with Crippen molar-refractivity contribution < 1.29 is 24.2 Å². The minimum absolute atomic E-state index is 0.0394. The molecule has 2 unspecified atom stereocenters. The first-order valence-corrected chi connectivity index (χ1v) is 13.6. The fourth-order valence-corrected chi connectivity index (χ4v) is 8.27. The number of amides is 2. The van der Waals surface area contributed by atoms with E-state index in [1.54, 1.807) is 33.7 Å². The quantitative estimate of drug-likeness (QED) is 0.263. The van der Waals surface area contributed by atoms with Gasteiger partial charge in [-0.15, -0.1) is 24.9 Å². The number of thioether (sulfide) groups is 1. The summed E-state index contributed by atoms with van der Waals surface area (Å²) in [6.07, 6.45) is 6.39. The van der Waals surface area contributed by atoms with Gasteiger partial charge in [0.1, 0.15) is 6.04 Å². The van der Waals surface area contributed by atoms with Gasteiger partial charge in [0.05, 0.1) is 35.8 Å². The number of ether oxygens (including phenoxy) is 1. The molecule has 7 nitrogen and oxygen atoms in total. The summed E-state index contributed by atoms with van der Waals surface area (Å²) < 4.78 is 4.91. The molecular formula is C27H42N2O5S. The van der Waals surface area contributed by atoms with Crippen LogP contribution in [0.5, 0.6) is 0 Å². The van der Waals surface area contributed by atoms with Crippen LogP contribution in [0.15, 0.2) is 25.3 Å². The van der Waals surface area contributed by atoms with Gasteiger partial charge in [0.25, 0.3) is 0 Å². The van der Waals surface area contributed by atoms with E-state index in [1.807, 2.05) is 34.6 Å². The summed E-state index contributed by atoms with van der Waals surface area (Å²) >= 11 is 1.62. The molecule has 196 valence electrons. The van der Waals surface area contributed by atoms with E-state index in [0.717, 1.165) is 12.8 Å². The van der Waals surface area contributed by atoms with Crippen LogP contribution in [0.3, 0.4) is 0 Å². The summed E-state index contributed by atoms with van der Waals surface area (Å²) in [5, 5.41) is 10.3. The summed E-state index contributed by atoms with van der Waals surface area (Å²) in [6, 6.07) is -1.25. The van der Waals surface area contributed by atoms with Gasteiger partial charge in [-0.3, -0.25) is 14.4 Å². The number of carbonyl (C=O) groups is 3. The average Bonchev–Trinajstić information content (AvgIpc) is 3.42. The van der Waals surface area contributed by atoms with E-state index >= 15 is 0 Å². The van der Waals surface area contributed by atoms with Crippen LogP contribution in [0.25, 0.3) is 0 Å². The minimum Gasteiger partial charge on any atom is -0.465 e. The third-order valence-corrected chi connectivity index (χ3v) is 9.69. The molecule has 0 aromatic rings. The van der Waals surface area contributed by atoms with Crippen molar-refractivity contribution in [1.82, 2.24) is 9.80 Å². The number of unbranched alkanes of at least 4 members (excludes halogenated alkanes) is 1. The summed E-state index contributed by atoms with van der Waals surface area (Å²) in [5.41, 5.74) is -0.480.